The molecule has 22 heavy (non-hydrogen) atoms. The lowest BCUT2D eigenvalue weighted by molar-refractivity contribution is 0.803. The van der Waals surface area contributed by atoms with Crippen molar-refractivity contribution in [1.29, 1.82) is 0 Å². The summed E-state index contributed by atoms with van der Waals surface area (Å²) >= 11 is 1.73. The Morgan fingerprint density at radius 1 is 1.18 bits per heavy atom. The summed E-state index contributed by atoms with van der Waals surface area (Å²) in [6.45, 7) is 7.70. The molecule has 120 valence electrons. The van der Waals surface area contributed by atoms with E-state index < -0.39 is 0 Å². The number of aliphatic imine (C=N–C) groups is 1. The van der Waals surface area contributed by atoms with Crippen LogP contribution in [0.25, 0.3) is 0 Å². The molecular weight excluding hydrogens is 407 g/mol. The summed E-state index contributed by atoms with van der Waals surface area (Å²) in [7, 11) is 1.78. The van der Waals surface area contributed by atoms with Gasteiger partial charge < -0.3 is 10.6 Å². The summed E-state index contributed by atoms with van der Waals surface area (Å²) in [5, 5.41) is 7.70. The van der Waals surface area contributed by atoms with Crippen molar-refractivity contribution in [2.45, 2.75) is 33.9 Å². The number of benzene rings is 1. The van der Waals surface area contributed by atoms with Gasteiger partial charge in [-0.15, -0.1) is 35.3 Å². The zero-order chi connectivity index (χ0) is 15.2. The molecule has 0 spiro atoms. The maximum absolute atomic E-state index is 4.52. The highest BCUT2D eigenvalue weighted by Gasteiger charge is 2.04. The zero-order valence-corrected chi connectivity index (χ0v) is 16.6. The fraction of sp³-hybridized carbons (Fsp3) is 0.375. The van der Waals surface area contributed by atoms with Gasteiger partial charge >= 0.3 is 0 Å². The van der Waals surface area contributed by atoms with Gasteiger partial charge in [-0.25, -0.2) is 4.98 Å². The van der Waals surface area contributed by atoms with Crippen molar-refractivity contribution in [3.63, 3.8) is 0 Å². The van der Waals surface area contributed by atoms with Gasteiger partial charge in [0.15, 0.2) is 5.96 Å². The Morgan fingerprint density at radius 3 is 2.50 bits per heavy atom. The smallest absolute Gasteiger partial charge is 0.191 e. The Bertz CT molecular complexity index is 617. The maximum Gasteiger partial charge on any atom is 0.191 e. The average Bonchev–Trinajstić information content (AvgIpc) is 2.78. The highest BCUT2D eigenvalue weighted by atomic mass is 127. The molecule has 2 N–H and O–H groups in total. The van der Waals surface area contributed by atoms with Crippen molar-refractivity contribution < 1.29 is 0 Å². The van der Waals surface area contributed by atoms with Crippen molar-refractivity contribution >= 4 is 41.3 Å². The van der Waals surface area contributed by atoms with E-state index in [2.05, 4.69) is 58.7 Å². The number of nitrogens with zero attached hydrogens (tertiary/aromatic N) is 2. The van der Waals surface area contributed by atoms with E-state index in [1.165, 1.54) is 16.0 Å². The molecule has 0 saturated heterocycles. The summed E-state index contributed by atoms with van der Waals surface area (Å²) in [5.41, 5.74) is 3.63. The number of hydrogen-bond acceptors (Lipinski definition) is 3. The van der Waals surface area contributed by atoms with E-state index >= 15 is 0 Å². The lowest BCUT2D eigenvalue weighted by Crippen LogP contribution is -2.36. The third-order valence-corrected chi connectivity index (χ3v) is 4.32. The Kier molecular flexibility index (Phi) is 7.81. The van der Waals surface area contributed by atoms with Gasteiger partial charge in [-0.3, -0.25) is 4.99 Å². The molecule has 6 heteroatoms. The lowest BCUT2D eigenvalue weighted by Gasteiger charge is -2.11. The van der Waals surface area contributed by atoms with Gasteiger partial charge in [-0.05, 0) is 26.3 Å². The van der Waals surface area contributed by atoms with Gasteiger partial charge in [0.05, 0.1) is 12.2 Å². The maximum atomic E-state index is 4.52. The molecule has 2 rings (SSSR count). The van der Waals surface area contributed by atoms with Gasteiger partial charge in [-0.2, -0.15) is 0 Å². The van der Waals surface area contributed by atoms with Gasteiger partial charge in [0.2, 0.25) is 0 Å². The first-order chi connectivity index (χ1) is 10.1. The van der Waals surface area contributed by atoms with Crippen LogP contribution in [0.15, 0.2) is 29.3 Å². The summed E-state index contributed by atoms with van der Waals surface area (Å²) in [5.74, 6) is 0.794. The first-order valence-corrected chi connectivity index (χ1v) is 7.83. The first kappa shape index (κ1) is 18.9. The van der Waals surface area contributed by atoms with Crippen LogP contribution in [0, 0.1) is 20.8 Å². The number of thiazole rings is 1. The molecule has 0 fully saturated rings. The summed E-state index contributed by atoms with van der Waals surface area (Å²) in [6.07, 6.45) is 0. The van der Waals surface area contributed by atoms with Crippen molar-refractivity contribution in [2.75, 3.05) is 7.05 Å². The normalized spacial score (nSPS) is 11.0. The SMILES string of the molecule is CN=C(NCc1cccc(C)c1)NCc1nc(C)c(C)s1.I. The third-order valence-electron chi connectivity index (χ3n) is 3.25. The second-order valence-corrected chi connectivity index (χ2v) is 6.31. The highest BCUT2D eigenvalue weighted by Crippen LogP contribution is 2.15. The number of hydrogen-bond donors (Lipinski definition) is 2. The molecule has 2 aromatic rings. The molecular formula is C16H23IN4S. The third kappa shape index (κ3) is 5.57. The standard InChI is InChI=1S/C16H22N4S.HI/c1-11-6-5-7-14(8-11)9-18-16(17-4)19-10-15-20-12(2)13(3)21-15;/h5-8H,9-10H2,1-4H3,(H2,17,18,19);1H. The number of halogens is 1. The molecule has 1 aromatic carbocycles. The largest absolute Gasteiger partial charge is 0.352 e. The predicted molar refractivity (Wildman–Crippen MR) is 105 cm³/mol. The number of aromatic nitrogens is 1. The van der Waals surface area contributed by atoms with E-state index in [1.54, 1.807) is 18.4 Å². The Morgan fingerprint density at radius 2 is 1.91 bits per heavy atom. The summed E-state index contributed by atoms with van der Waals surface area (Å²) in [6, 6.07) is 8.46. The summed E-state index contributed by atoms with van der Waals surface area (Å²) < 4.78 is 0. The van der Waals surface area contributed by atoms with Crippen LogP contribution in [0.4, 0.5) is 0 Å². The first-order valence-electron chi connectivity index (χ1n) is 7.01. The van der Waals surface area contributed by atoms with Crippen LogP contribution in [0.1, 0.15) is 26.7 Å². The molecule has 0 bridgehead atoms. The van der Waals surface area contributed by atoms with Crippen LogP contribution in [0.2, 0.25) is 0 Å². The van der Waals surface area contributed by atoms with Crippen LogP contribution in [-0.2, 0) is 13.1 Å². The molecule has 0 atom stereocenters. The summed E-state index contributed by atoms with van der Waals surface area (Å²) in [4.78, 5) is 10.0. The predicted octanol–water partition coefficient (Wildman–Crippen LogP) is 3.55. The second-order valence-electron chi connectivity index (χ2n) is 5.02. The fourth-order valence-corrected chi connectivity index (χ4v) is 2.88. The molecule has 0 aliphatic heterocycles. The Hall–Kier alpha value is -1.15. The monoisotopic (exact) mass is 430 g/mol. The van der Waals surface area contributed by atoms with E-state index in [1.807, 2.05) is 6.92 Å². The highest BCUT2D eigenvalue weighted by molar-refractivity contribution is 14.0. The van der Waals surface area contributed by atoms with Crippen LogP contribution in [0.3, 0.4) is 0 Å². The van der Waals surface area contributed by atoms with Crippen molar-refractivity contribution in [2.24, 2.45) is 4.99 Å². The number of nitrogens with one attached hydrogen (secondary N) is 2. The van der Waals surface area contributed by atoms with Crippen molar-refractivity contribution in [3.05, 3.63) is 51.0 Å². The molecule has 0 aliphatic rings. The van der Waals surface area contributed by atoms with Crippen molar-refractivity contribution in [3.8, 4) is 0 Å². The molecule has 1 heterocycles. The molecule has 1 aromatic heterocycles. The van der Waals surface area contributed by atoms with Crippen LogP contribution >= 0.6 is 35.3 Å². The number of guanidine groups is 1. The lowest BCUT2D eigenvalue weighted by atomic mass is 10.1. The quantitative estimate of drug-likeness (QED) is 0.443. The number of aryl methyl sites for hydroxylation is 3. The van der Waals surface area contributed by atoms with E-state index in [0.29, 0.717) is 6.54 Å². The van der Waals surface area contributed by atoms with E-state index in [4.69, 9.17) is 0 Å². The zero-order valence-electron chi connectivity index (χ0n) is 13.4. The van der Waals surface area contributed by atoms with Gasteiger partial charge in [-0.1, -0.05) is 29.8 Å². The van der Waals surface area contributed by atoms with Crippen LogP contribution < -0.4 is 10.6 Å². The Labute approximate surface area is 153 Å². The Balaban J connectivity index is 0.00000242. The topological polar surface area (TPSA) is 49.3 Å². The fourth-order valence-electron chi connectivity index (χ4n) is 2.00. The minimum absolute atomic E-state index is 0. The van der Waals surface area contributed by atoms with E-state index in [9.17, 15) is 0 Å². The van der Waals surface area contributed by atoms with Gasteiger partial charge in [0.25, 0.3) is 0 Å². The molecule has 0 saturated carbocycles. The minimum atomic E-state index is 0. The molecule has 0 radical (unpaired) electrons. The van der Waals surface area contributed by atoms with Gasteiger partial charge in [0.1, 0.15) is 5.01 Å². The molecule has 0 amide bonds. The van der Waals surface area contributed by atoms with Crippen LogP contribution in [-0.4, -0.2) is 18.0 Å². The van der Waals surface area contributed by atoms with E-state index in [-0.39, 0.29) is 24.0 Å². The minimum Gasteiger partial charge on any atom is -0.352 e. The number of rotatable bonds is 4. The molecule has 4 nitrogen and oxygen atoms in total. The van der Waals surface area contributed by atoms with Crippen molar-refractivity contribution in [1.82, 2.24) is 15.6 Å². The van der Waals surface area contributed by atoms with Gasteiger partial charge in [0, 0.05) is 18.5 Å². The molecule has 0 unspecified atom stereocenters. The van der Waals surface area contributed by atoms with Crippen LogP contribution in [0.5, 0.6) is 0 Å². The average molecular weight is 430 g/mol. The van der Waals surface area contributed by atoms with E-state index in [0.717, 1.165) is 23.2 Å². The second kappa shape index (κ2) is 9.09. The molecule has 0 aliphatic carbocycles.